The number of amides is 1. The van der Waals surface area contributed by atoms with Gasteiger partial charge in [-0.05, 0) is 75.5 Å². The molecule has 0 aromatic carbocycles. The highest BCUT2D eigenvalue weighted by Gasteiger charge is 2.38. The summed E-state index contributed by atoms with van der Waals surface area (Å²) in [6.07, 6.45) is 9.73. The van der Waals surface area contributed by atoms with Crippen molar-refractivity contribution in [2.45, 2.75) is 84.3 Å². The molecule has 0 N–H and O–H groups in total. The van der Waals surface area contributed by atoms with E-state index in [0.29, 0.717) is 36.3 Å². The van der Waals surface area contributed by atoms with Crippen LogP contribution in [0.5, 0.6) is 5.88 Å². The number of carbonyl (C=O) groups excluding carboxylic acids is 1. The van der Waals surface area contributed by atoms with E-state index in [9.17, 15) is 4.79 Å². The average Bonchev–Trinajstić information content (AvgIpc) is 3.54. The van der Waals surface area contributed by atoms with Crippen LogP contribution in [0.25, 0.3) is 0 Å². The Bertz CT molecular complexity index is 1340. The van der Waals surface area contributed by atoms with Gasteiger partial charge in [0.1, 0.15) is 0 Å². The third-order valence-corrected chi connectivity index (χ3v) is 11.0. The number of aryl methyl sites for hydroxylation is 2. The highest BCUT2D eigenvalue weighted by atomic mass is 32.1. The normalized spacial score (nSPS) is 23.0. The van der Waals surface area contributed by atoms with Crippen LogP contribution in [0.15, 0.2) is 18.5 Å². The van der Waals surface area contributed by atoms with Crippen molar-refractivity contribution in [3.8, 4) is 5.88 Å². The maximum Gasteiger partial charge on any atom is 0.255 e. The van der Waals surface area contributed by atoms with E-state index in [0.717, 1.165) is 48.4 Å². The lowest BCUT2D eigenvalue weighted by Gasteiger charge is -2.46. The van der Waals surface area contributed by atoms with Crippen LogP contribution < -0.4 is 4.74 Å². The third-order valence-electron chi connectivity index (χ3n) is 9.43. The van der Waals surface area contributed by atoms with Gasteiger partial charge in [0.15, 0.2) is 0 Å². The Morgan fingerprint density at radius 3 is 2.59 bits per heavy atom. The van der Waals surface area contributed by atoms with Crippen LogP contribution in [-0.2, 0) is 13.0 Å². The molecular formula is C30H40N6O2S. The molecule has 1 saturated heterocycles. The van der Waals surface area contributed by atoms with Crippen LogP contribution in [0, 0.1) is 26.7 Å². The number of hydrogen-bond acceptors (Lipinski definition) is 7. The van der Waals surface area contributed by atoms with Crippen molar-refractivity contribution in [3.05, 3.63) is 56.2 Å². The Balaban J connectivity index is 1.10. The minimum absolute atomic E-state index is 0.161. The number of rotatable bonds is 7. The first kappa shape index (κ1) is 26.4. The number of likely N-dealkylation sites (tertiary alicyclic amines) is 1. The molecular weight excluding hydrogens is 508 g/mol. The van der Waals surface area contributed by atoms with Crippen molar-refractivity contribution in [2.24, 2.45) is 5.92 Å². The molecule has 5 heterocycles. The Kier molecular flexibility index (Phi) is 7.22. The monoisotopic (exact) mass is 548 g/mol. The van der Waals surface area contributed by atoms with Crippen molar-refractivity contribution in [2.75, 3.05) is 26.7 Å². The highest BCUT2D eigenvalue weighted by molar-refractivity contribution is 7.12. The van der Waals surface area contributed by atoms with E-state index >= 15 is 0 Å². The van der Waals surface area contributed by atoms with Crippen LogP contribution in [0.3, 0.4) is 0 Å². The quantitative estimate of drug-likeness (QED) is 0.410. The predicted molar refractivity (Wildman–Crippen MR) is 153 cm³/mol. The van der Waals surface area contributed by atoms with Crippen LogP contribution in [-0.4, -0.2) is 68.5 Å². The van der Waals surface area contributed by atoms with E-state index in [4.69, 9.17) is 4.74 Å². The van der Waals surface area contributed by atoms with Gasteiger partial charge in [0.05, 0.1) is 31.5 Å². The van der Waals surface area contributed by atoms with E-state index < -0.39 is 0 Å². The summed E-state index contributed by atoms with van der Waals surface area (Å²) in [5.41, 5.74) is 5.23. The van der Waals surface area contributed by atoms with Crippen molar-refractivity contribution >= 4 is 17.2 Å². The summed E-state index contributed by atoms with van der Waals surface area (Å²) in [5.74, 6) is 1.97. The van der Waals surface area contributed by atoms with E-state index in [1.165, 1.54) is 41.0 Å². The van der Waals surface area contributed by atoms with Crippen LogP contribution in [0.2, 0.25) is 0 Å². The highest BCUT2D eigenvalue weighted by Crippen LogP contribution is 2.44. The zero-order valence-electron chi connectivity index (χ0n) is 23.8. The molecule has 2 aliphatic heterocycles. The maximum atomic E-state index is 13.8. The summed E-state index contributed by atoms with van der Waals surface area (Å²) >= 11 is 1.90. The second-order valence-electron chi connectivity index (χ2n) is 11.8. The number of hydrogen-bond donors (Lipinski definition) is 0. The minimum atomic E-state index is 0.161. The molecule has 8 nitrogen and oxygen atoms in total. The molecule has 0 bridgehead atoms. The molecule has 9 heteroatoms. The van der Waals surface area contributed by atoms with Crippen LogP contribution in [0.4, 0.5) is 0 Å². The van der Waals surface area contributed by atoms with Crippen molar-refractivity contribution < 1.29 is 9.53 Å². The molecule has 1 atom stereocenters. The summed E-state index contributed by atoms with van der Waals surface area (Å²) in [7, 11) is 1.66. The fraction of sp³-hybridized carbons (Fsp3) is 0.600. The Morgan fingerprint density at radius 1 is 1.13 bits per heavy atom. The largest absolute Gasteiger partial charge is 0.481 e. The number of thiophene rings is 1. The van der Waals surface area contributed by atoms with Crippen molar-refractivity contribution in [1.29, 1.82) is 0 Å². The van der Waals surface area contributed by atoms with Gasteiger partial charge in [0.25, 0.3) is 5.91 Å². The van der Waals surface area contributed by atoms with Gasteiger partial charge in [-0.3, -0.25) is 9.69 Å². The molecule has 3 aromatic heterocycles. The van der Waals surface area contributed by atoms with Gasteiger partial charge in [-0.25, -0.2) is 9.67 Å². The van der Waals surface area contributed by atoms with E-state index in [1.54, 1.807) is 13.3 Å². The van der Waals surface area contributed by atoms with Gasteiger partial charge in [0, 0.05) is 59.3 Å². The number of ether oxygens (including phenoxy) is 1. The molecule has 6 rings (SSSR count). The zero-order chi connectivity index (χ0) is 27.3. The molecule has 0 spiro atoms. The molecule has 1 aliphatic carbocycles. The second kappa shape index (κ2) is 10.7. The number of aromatic nitrogens is 4. The molecule has 1 saturated carbocycles. The number of carbonyl (C=O) groups is 1. The maximum absolute atomic E-state index is 13.8. The summed E-state index contributed by atoms with van der Waals surface area (Å²) in [5, 5.41) is 8.13. The lowest BCUT2D eigenvalue weighted by atomic mass is 9.76. The minimum Gasteiger partial charge on any atom is -0.481 e. The average molecular weight is 549 g/mol. The molecule has 1 unspecified atom stereocenters. The van der Waals surface area contributed by atoms with Gasteiger partial charge in [-0.2, -0.15) is 0 Å². The van der Waals surface area contributed by atoms with Gasteiger partial charge in [-0.1, -0.05) is 12.1 Å². The molecule has 39 heavy (non-hydrogen) atoms. The number of pyridine rings is 1. The lowest BCUT2D eigenvalue weighted by Crippen LogP contribution is -2.53. The first-order valence-electron chi connectivity index (χ1n) is 14.4. The zero-order valence-corrected chi connectivity index (χ0v) is 24.6. The van der Waals surface area contributed by atoms with Gasteiger partial charge < -0.3 is 9.64 Å². The first-order chi connectivity index (χ1) is 18.8. The Hall–Kier alpha value is -2.78. The molecule has 1 amide bonds. The standard InChI is InChI=1S/C30H40N6O2S/c1-18-14-19(2)32-29(38-5)25(18)17-34-12-10-26-27(30(34)37)21(4)28(39-26)20(3)22-6-8-23(9-7-22)35-15-24(16-35)36-13-11-31-33-36/h11,13-14,20,22-24H,6-10,12,15-17H2,1-5H3. The van der Waals surface area contributed by atoms with E-state index in [2.05, 4.69) is 47.0 Å². The Labute approximate surface area is 235 Å². The summed E-state index contributed by atoms with van der Waals surface area (Å²) in [6.45, 7) is 12.1. The lowest BCUT2D eigenvalue weighted by molar-refractivity contribution is 0.0263. The molecule has 3 aliphatic rings. The summed E-state index contributed by atoms with van der Waals surface area (Å²) in [6, 6.07) is 3.24. The van der Waals surface area contributed by atoms with Crippen molar-refractivity contribution in [1.82, 2.24) is 29.8 Å². The smallest absolute Gasteiger partial charge is 0.255 e. The molecule has 208 valence electrons. The number of methoxy groups -OCH3 is 1. The summed E-state index contributed by atoms with van der Waals surface area (Å²) < 4.78 is 7.58. The van der Waals surface area contributed by atoms with Crippen LogP contribution >= 0.6 is 11.3 Å². The molecule has 3 aromatic rings. The third kappa shape index (κ3) is 4.88. The second-order valence-corrected chi connectivity index (χ2v) is 12.9. The SMILES string of the molecule is COc1nc(C)cc(C)c1CN1CCc2sc(C(C)C3CCC(N4CC(n5ccnn5)C4)CC3)c(C)c2C1=O. The Morgan fingerprint density at radius 2 is 1.90 bits per heavy atom. The van der Waals surface area contributed by atoms with Crippen molar-refractivity contribution in [3.63, 3.8) is 0 Å². The van der Waals surface area contributed by atoms with Crippen LogP contribution in [0.1, 0.15) is 87.1 Å². The van der Waals surface area contributed by atoms with Gasteiger partial charge >= 0.3 is 0 Å². The van der Waals surface area contributed by atoms with Gasteiger partial charge in [-0.15, -0.1) is 16.4 Å². The molecule has 0 radical (unpaired) electrons. The van der Waals surface area contributed by atoms with E-state index in [-0.39, 0.29) is 5.91 Å². The van der Waals surface area contributed by atoms with E-state index in [1.807, 2.05) is 34.0 Å². The fourth-order valence-corrected chi connectivity index (χ4v) is 8.49. The topological polar surface area (TPSA) is 76.4 Å². The first-order valence-corrected chi connectivity index (χ1v) is 15.2. The summed E-state index contributed by atoms with van der Waals surface area (Å²) in [4.78, 5) is 25.6. The van der Waals surface area contributed by atoms with Gasteiger partial charge in [0.2, 0.25) is 5.88 Å². The fourth-order valence-electron chi connectivity index (χ4n) is 7.06. The molecule has 2 fully saturated rings. The predicted octanol–water partition coefficient (Wildman–Crippen LogP) is 5.09. The number of fused-ring (bicyclic) bond motifs is 1. The number of nitrogens with zero attached hydrogens (tertiary/aromatic N) is 6.